The highest BCUT2D eigenvalue weighted by molar-refractivity contribution is 7.17. The van der Waals surface area contributed by atoms with Crippen molar-refractivity contribution in [2.75, 3.05) is 5.32 Å². The number of hydrogen-bond donors (Lipinski definition) is 2. The van der Waals surface area contributed by atoms with Crippen molar-refractivity contribution >= 4 is 29.0 Å². The molecule has 3 heterocycles. The summed E-state index contributed by atoms with van der Waals surface area (Å²) < 4.78 is 68.5. The molecule has 0 radical (unpaired) electrons. The van der Waals surface area contributed by atoms with Gasteiger partial charge in [-0.1, -0.05) is 6.92 Å². The molecule has 36 heavy (non-hydrogen) atoms. The lowest BCUT2D eigenvalue weighted by molar-refractivity contribution is -0.146. The molecule has 1 aliphatic carbocycles. The van der Waals surface area contributed by atoms with Gasteiger partial charge in [-0.15, -0.1) is 11.3 Å². The van der Waals surface area contributed by atoms with Gasteiger partial charge >= 0.3 is 12.1 Å². The molecule has 0 aromatic carbocycles. The molecule has 2 aromatic heterocycles. The molecule has 1 saturated heterocycles. The number of halogens is 5. The molecule has 1 saturated carbocycles. The first-order chi connectivity index (χ1) is 16.9. The molecule has 1 aliphatic heterocycles. The zero-order valence-electron chi connectivity index (χ0n) is 19.5. The van der Waals surface area contributed by atoms with Gasteiger partial charge in [-0.3, -0.25) is 4.79 Å². The van der Waals surface area contributed by atoms with Gasteiger partial charge in [0.1, 0.15) is 17.6 Å². The van der Waals surface area contributed by atoms with Crippen LogP contribution in [0.25, 0.3) is 10.4 Å². The number of aromatic carboxylic acids is 1. The van der Waals surface area contributed by atoms with E-state index >= 15 is 0 Å². The Labute approximate surface area is 207 Å². The first-order valence-electron chi connectivity index (χ1n) is 11.6. The summed E-state index contributed by atoms with van der Waals surface area (Å²) >= 11 is 0.556. The van der Waals surface area contributed by atoms with Gasteiger partial charge in [0.05, 0.1) is 4.88 Å². The SMILES string of the molecule is CCC1CCC(C)N1C(=O)c1nc(C(=O)O)sc1-c1cnc(N[C@@H](C2CC2)C(F)(F)F)cc1C(F)F. The van der Waals surface area contributed by atoms with Crippen LogP contribution in [0.1, 0.15) is 78.2 Å². The van der Waals surface area contributed by atoms with Gasteiger partial charge in [-0.05, 0) is 51.0 Å². The van der Waals surface area contributed by atoms with Crippen molar-refractivity contribution in [2.45, 2.75) is 76.7 Å². The molecule has 2 aliphatic rings. The van der Waals surface area contributed by atoms with Crippen LogP contribution in [0.5, 0.6) is 0 Å². The van der Waals surface area contributed by atoms with E-state index in [1.54, 1.807) is 4.90 Å². The summed E-state index contributed by atoms with van der Waals surface area (Å²) in [6.45, 7) is 3.76. The molecule has 2 N–H and O–H groups in total. The van der Waals surface area contributed by atoms with Crippen molar-refractivity contribution in [3.05, 3.63) is 28.5 Å². The smallest absolute Gasteiger partial charge is 0.408 e. The van der Waals surface area contributed by atoms with Crippen LogP contribution in [0.3, 0.4) is 0 Å². The molecule has 196 valence electrons. The lowest BCUT2D eigenvalue weighted by Crippen LogP contribution is -2.40. The van der Waals surface area contributed by atoms with Gasteiger partial charge < -0.3 is 15.3 Å². The van der Waals surface area contributed by atoms with E-state index in [9.17, 15) is 36.6 Å². The van der Waals surface area contributed by atoms with E-state index in [2.05, 4.69) is 15.3 Å². The standard InChI is InChI=1S/C23H25F5N4O3S/c1-3-12-7-4-10(2)32(12)21(33)16-17(36-20(31-16)22(34)35)14-9-29-15(8-13(14)19(24)25)30-18(11-5-6-11)23(26,27)28/h8-12,18-19H,3-7H2,1-2H3,(H,29,30)(H,34,35)/t10?,12?,18-/m0/s1. The Kier molecular flexibility index (Phi) is 7.22. The molecule has 13 heteroatoms. The lowest BCUT2D eigenvalue weighted by Gasteiger charge is -2.27. The number of hydrogen-bond acceptors (Lipinski definition) is 6. The highest BCUT2D eigenvalue weighted by atomic mass is 32.1. The van der Waals surface area contributed by atoms with Crippen molar-refractivity contribution in [3.63, 3.8) is 0 Å². The number of nitrogens with zero attached hydrogens (tertiary/aromatic N) is 3. The van der Waals surface area contributed by atoms with Gasteiger partial charge in [0.15, 0.2) is 0 Å². The number of carboxylic acids is 1. The minimum Gasteiger partial charge on any atom is -0.476 e. The Bertz CT molecular complexity index is 1150. The summed E-state index contributed by atoms with van der Waals surface area (Å²) in [7, 11) is 0. The van der Waals surface area contributed by atoms with Crippen LogP contribution in [0.15, 0.2) is 12.3 Å². The fourth-order valence-electron chi connectivity index (χ4n) is 4.68. The third-order valence-corrected chi connectivity index (χ3v) is 7.75. The molecular weight excluding hydrogens is 507 g/mol. The van der Waals surface area contributed by atoms with Crippen molar-refractivity contribution in [1.82, 2.24) is 14.9 Å². The van der Waals surface area contributed by atoms with Crippen LogP contribution in [0.2, 0.25) is 0 Å². The van der Waals surface area contributed by atoms with Crippen molar-refractivity contribution < 1.29 is 36.6 Å². The zero-order valence-corrected chi connectivity index (χ0v) is 20.3. The first kappa shape index (κ1) is 26.2. The molecule has 0 spiro atoms. The second kappa shape index (κ2) is 9.91. The summed E-state index contributed by atoms with van der Waals surface area (Å²) in [6, 6.07) is -1.34. The highest BCUT2D eigenvalue weighted by Crippen LogP contribution is 2.43. The Hall–Kier alpha value is -2.83. The Balaban J connectivity index is 1.76. The number of likely N-dealkylation sites (tertiary alicyclic amines) is 1. The quantitative estimate of drug-likeness (QED) is 0.405. The number of carboxylic acid groups (broad SMARTS) is 1. The molecule has 4 rings (SSSR count). The third-order valence-electron chi connectivity index (χ3n) is 6.67. The van der Waals surface area contributed by atoms with Gasteiger partial charge in [-0.2, -0.15) is 13.2 Å². The summed E-state index contributed by atoms with van der Waals surface area (Å²) in [5, 5.41) is 11.2. The number of anilines is 1. The number of nitrogens with one attached hydrogen (secondary N) is 1. The van der Waals surface area contributed by atoms with Gasteiger partial charge in [0, 0.05) is 29.4 Å². The number of carbonyl (C=O) groups excluding carboxylic acids is 1. The second-order valence-corrected chi connectivity index (χ2v) is 10.2. The van der Waals surface area contributed by atoms with E-state index in [1.165, 1.54) is 0 Å². The van der Waals surface area contributed by atoms with Gasteiger partial charge in [0.2, 0.25) is 5.01 Å². The minimum absolute atomic E-state index is 0.101. The maximum atomic E-state index is 14.1. The van der Waals surface area contributed by atoms with Crippen LogP contribution in [-0.4, -0.2) is 56.2 Å². The van der Waals surface area contributed by atoms with Crippen LogP contribution in [0, 0.1) is 5.92 Å². The van der Waals surface area contributed by atoms with Crippen LogP contribution < -0.4 is 5.32 Å². The van der Waals surface area contributed by atoms with E-state index in [4.69, 9.17) is 0 Å². The number of pyridine rings is 1. The van der Waals surface area contributed by atoms with E-state index in [1.807, 2.05) is 13.8 Å². The molecule has 7 nitrogen and oxygen atoms in total. The largest absolute Gasteiger partial charge is 0.476 e. The van der Waals surface area contributed by atoms with E-state index < -0.39 is 47.0 Å². The maximum absolute atomic E-state index is 14.1. The van der Waals surface area contributed by atoms with Crippen molar-refractivity contribution in [1.29, 1.82) is 0 Å². The predicted octanol–water partition coefficient (Wildman–Crippen LogP) is 6.00. The normalized spacial score (nSPS) is 21.2. The first-order valence-corrected chi connectivity index (χ1v) is 12.4. The monoisotopic (exact) mass is 532 g/mol. The molecule has 2 aromatic rings. The third kappa shape index (κ3) is 5.16. The minimum atomic E-state index is -4.58. The second-order valence-electron chi connectivity index (χ2n) is 9.16. The van der Waals surface area contributed by atoms with E-state index in [0.717, 1.165) is 25.1 Å². The summed E-state index contributed by atoms with van der Waals surface area (Å²) in [5.74, 6) is -3.03. The predicted molar refractivity (Wildman–Crippen MR) is 122 cm³/mol. The Morgan fingerprint density at radius 3 is 2.50 bits per heavy atom. The van der Waals surface area contributed by atoms with Gasteiger partial charge in [0.25, 0.3) is 12.3 Å². The number of amides is 1. The van der Waals surface area contributed by atoms with Crippen LogP contribution >= 0.6 is 11.3 Å². The maximum Gasteiger partial charge on any atom is 0.408 e. The zero-order chi connectivity index (χ0) is 26.4. The fourth-order valence-corrected chi connectivity index (χ4v) is 5.60. The topological polar surface area (TPSA) is 95.4 Å². The lowest BCUT2D eigenvalue weighted by atomic mass is 10.1. The number of rotatable bonds is 8. The molecule has 3 atom stereocenters. The average Bonchev–Trinajstić information content (AvgIpc) is 3.42. The summed E-state index contributed by atoms with van der Waals surface area (Å²) in [6.07, 6.45) is -3.87. The van der Waals surface area contributed by atoms with Crippen LogP contribution in [-0.2, 0) is 0 Å². The highest BCUT2D eigenvalue weighted by Gasteiger charge is 2.49. The molecule has 0 bridgehead atoms. The number of thiazole rings is 1. The fraction of sp³-hybridized carbons (Fsp3) is 0.565. The van der Waals surface area contributed by atoms with Crippen molar-refractivity contribution in [2.24, 2.45) is 5.92 Å². The molecule has 2 unspecified atom stereocenters. The average molecular weight is 533 g/mol. The van der Waals surface area contributed by atoms with Gasteiger partial charge in [-0.25, -0.2) is 23.5 Å². The Morgan fingerprint density at radius 2 is 1.94 bits per heavy atom. The molecule has 1 amide bonds. The molecule has 2 fully saturated rings. The summed E-state index contributed by atoms with van der Waals surface area (Å²) in [4.78, 5) is 34.5. The molecular formula is C23H25F5N4O3S. The number of carbonyl (C=O) groups is 2. The number of alkyl halides is 5. The van der Waals surface area contributed by atoms with Crippen LogP contribution in [0.4, 0.5) is 27.8 Å². The van der Waals surface area contributed by atoms with E-state index in [0.29, 0.717) is 30.6 Å². The van der Waals surface area contributed by atoms with Crippen molar-refractivity contribution in [3.8, 4) is 10.4 Å². The summed E-state index contributed by atoms with van der Waals surface area (Å²) in [5.41, 5.74) is -1.18. The van der Waals surface area contributed by atoms with E-state index in [-0.39, 0.29) is 34.0 Å². The Morgan fingerprint density at radius 1 is 1.25 bits per heavy atom. The number of aromatic nitrogens is 2.